The van der Waals surface area contributed by atoms with Gasteiger partial charge in [0.1, 0.15) is 0 Å². The lowest BCUT2D eigenvalue weighted by Gasteiger charge is -2.31. The van der Waals surface area contributed by atoms with Gasteiger partial charge < -0.3 is 5.32 Å². The summed E-state index contributed by atoms with van der Waals surface area (Å²) in [6, 6.07) is 0.466. The van der Waals surface area contributed by atoms with Crippen LogP contribution in [0, 0.1) is 11.8 Å². The molecule has 2 fully saturated rings. The van der Waals surface area contributed by atoms with Crippen LogP contribution in [0.2, 0.25) is 0 Å². The van der Waals surface area contributed by atoms with E-state index in [1.54, 1.807) is 6.92 Å². The fourth-order valence-electron chi connectivity index (χ4n) is 3.90. The first-order chi connectivity index (χ1) is 8.74. The molecule has 2 rings (SSSR count). The average Bonchev–Trinajstić information content (AvgIpc) is 2.60. The molecule has 0 radical (unpaired) electrons. The van der Waals surface area contributed by atoms with Crippen molar-refractivity contribution in [1.82, 2.24) is 5.32 Å². The Morgan fingerprint density at radius 2 is 1.44 bits per heavy atom. The van der Waals surface area contributed by atoms with E-state index in [-0.39, 0.29) is 5.91 Å². The summed E-state index contributed by atoms with van der Waals surface area (Å²) in [7, 11) is 0. The second-order valence-electron chi connectivity index (χ2n) is 6.51. The van der Waals surface area contributed by atoms with Crippen molar-refractivity contribution in [2.24, 2.45) is 11.8 Å². The molecule has 0 aromatic rings. The number of hydrogen-bond donors (Lipinski definition) is 1. The monoisotopic (exact) mass is 251 g/mol. The lowest BCUT2D eigenvalue weighted by Crippen LogP contribution is -2.36. The Hall–Kier alpha value is -0.530. The molecule has 2 aliphatic rings. The predicted molar refractivity (Wildman–Crippen MR) is 75.4 cm³/mol. The van der Waals surface area contributed by atoms with E-state index >= 15 is 0 Å². The van der Waals surface area contributed by atoms with Crippen molar-refractivity contribution in [2.45, 2.75) is 83.6 Å². The SMILES string of the molecule is CC(=O)NC1CCC(CC2CCCCCC2)CC1. The van der Waals surface area contributed by atoms with Gasteiger partial charge in [-0.15, -0.1) is 0 Å². The van der Waals surface area contributed by atoms with Gasteiger partial charge in [-0.1, -0.05) is 38.5 Å². The van der Waals surface area contributed by atoms with Crippen molar-refractivity contribution in [3.63, 3.8) is 0 Å². The van der Waals surface area contributed by atoms with Crippen LogP contribution in [0.25, 0.3) is 0 Å². The van der Waals surface area contributed by atoms with E-state index in [4.69, 9.17) is 0 Å². The van der Waals surface area contributed by atoms with Crippen LogP contribution < -0.4 is 5.32 Å². The molecule has 0 heterocycles. The second kappa shape index (κ2) is 7.16. The van der Waals surface area contributed by atoms with Gasteiger partial charge in [0.15, 0.2) is 0 Å². The Bertz CT molecular complexity index is 248. The van der Waals surface area contributed by atoms with Gasteiger partial charge >= 0.3 is 0 Å². The van der Waals surface area contributed by atoms with E-state index in [0.717, 1.165) is 11.8 Å². The molecule has 2 saturated carbocycles. The standard InChI is InChI=1S/C16H29NO/c1-13(18)17-16-10-8-15(9-11-16)12-14-6-4-2-3-5-7-14/h14-16H,2-12H2,1H3,(H,17,18). The van der Waals surface area contributed by atoms with Gasteiger partial charge in [0.25, 0.3) is 0 Å². The third kappa shape index (κ3) is 4.62. The highest BCUT2D eigenvalue weighted by atomic mass is 16.1. The van der Waals surface area contributed by atoms with Crippen LogP contribution in [0.5, 0.6) is 0 Å². The zero-order valence-electron chi connectivity index (χ0n) is 11.9. The van der Waals surface area contributed by atoms with Gasteiger partial charge in [-0.3, -0.25) is 4.79 Å². The van der Waals surface area contributed by atoms with Crippen molar-refractivity contribution in [3.8, 4) is 0 Å². The number of carbonyl (C=O) groups excluding carboxylic acids is 1. The fraction of sp³-hybridized carbons (Fsp3) is 0.938. The Morgan fingerprint density at radius 1 is 0.889 bits per heavy atom. The number of nitrogens with one attached hydrogen (secondary N) is 1. The summed E-state index contributed by atoms with van der Waals surface area (Å²) in [4.78, 5) is 11.0. The Labute approximate surface area is 112 Å². The van der Waals surface area contributed by atoms with Crippen molar-refractivity contribution in [3.05, 3.63) is 0 Å². The maximum Gasteiger partial charge on any atom is 0.217 e. The summed E-state index contributed by atoms with van der Waals surface area (Å²) < 4.78 is 0. The van der Waals surface area contributed by atoms with Crippen LogP contribution in [-0.4, -0.2) is 11.9 Å². The first kappa shape index (κ1) is 13.9. The zero-order valence-corrected chi connectivity index (χ0v) is 11.9. The van der Waals surface area contributed by atoms with Crippen LogP contribution in [0.3, 0.4) is 0 Å². The first-order valence-electron chi connectivity index (χ1n) is 8.01. The molecule has 0 saturated heterocycles. The Balaban J connectivity index is 1.67. The summed E-state index contributed by atoms with van der Waals surface area (Å²) in [6.45, 7) is 1.64. The fourth-order valence-corrected chi connectivity index (χ4v) is 3.90. The highest BCUT2D eigenvalue weighted by Gasteiger charge is 2.24. The van der Waals surface area contributed by atoms with Gasteiger partial charge in [-0.25, -0.2) is 0 Å². The molecule has 2 aliphatic carbocycles. The number of hydrogen-bond acceptors (Lipinski definition) is 1. The van der Waals surface area contributed by atoms with Crippen molar-refractivity contribution in [2.75, 3.05) is 0 Å². The van der Waals surface area contributed by atoms with Crippen molar-refractivity contribution >= 4 is 5.91 Å². The largest absolute Gasteiger partial charge is 0.354 e. The summed E-state index contributed by atoms with van der Waals surface area (Å²) in [5.74, 6) is 2.09. The van der Waals surface area contributed by atoms with E-state index in [1.165, 1.54) is 70.6 Å². The molecular weight excluding hydrogens is 222 g/mol. The van der Waals surface area contributed by atoms with E-state index in [0.29, 0.717) is 6.04 Å². The molecule has 0 aliphatic heterocycles. The molecule has 0 aromatic carbocycles. The van der Waals surface area contributed by atoms with Gasteiger partial charge in [0.2, 0.25) is 5.91 Å². The van der Waals surface area contributed by atoms with Gasteiger partial charge in [-0.05, 0) is 43.9 Å². The van der Waals surface area contributed by atoms with Crippen LogP contribution in [0.4, 0.5) is 0 Å². The molecule has 0 aromatic heterocycles. The van der Waals surface area contributed by atoms with E-state index in [1.807, 2.05) is 0 Å². The van der Waals surface area contributed by atoms with Crippen molar-refractivity contribution < 1.29 is 4.79 Å². The highest BCUT2D eigenvalue weighted by molar-refractivity contribution is 5.73. The summed E-state index contributed by atoms with van der Waals surface area (Å²) >= 11 is 0. The van der Waals surface area contributed by atoms with Crippen LogP contribution in [0.15, 0.2) is 0 Å². The Kier molecular flexibility index (Phi) is 5.52. The zero-order chi connectivity index (χ0) is 12.8. The smallest absolute Gasteiger partial charge is 0.217 e. The number of carbonyl (C=O) groups is 1. The van der Waals surface area contributed by atoms with Crippen LogP contribution in [-0.2, 0) is 4.79 Å². The lowest BCUT2D eigenvalue weighted by molar-refractivity contribution is -0.119. The van der Waals surface area contributed by atoms with Gasteiger partial charge in [0, 0.05) is 13.0 Å². The molecule has 0 spiro atoms. The molecule has 0 bridgehead atoms. The minimum atomic E-state index is 0.141. The van der Waals surface area contributed by atoms with Gasteiger partial charge in [0.05, 0.1) is 0 Å². The molecule has 0 unspecified atom stereocenters. The molecule has 1 N–H and O–H groups in total. The maximum absolute atomic E-state index is 11.0. The average molecular weight is 251 g/mol. The molecule has 0 atom stereocenters. The van der Waals surface area contributed by atoms with Gasteiger partial charge in [-0.2, -0.15) is 0 Å². The number of rotatable bonds is 3. The minimum absolute atomic E-state index is 0.141. The molecule has 2 nitrogen and oxygen atoms in total. The van der Waals surface area contributed by atoms with Crippen LogP contribution >= 0.6 is 0 Å². The summed E-state index contributed by atoms with van der Waals surface area (Å²) in [6.07, 6.45) is 15.4. The van der Waals surface area contributed by atoms with E-state index in [9.17, 15) is 4.79 Å². The van der Waals surface area contributed by atoms with Crippen molar-refractivity contribution in [1.29, 1.82) is 0 Å². The summed E-state index contributed by atoms with van der Waals surface area (Å²) in [5, 5.41) is 3.08. The normalized spacial score (nSPS) is 30.7. The number of amides is 1. The van der Waals surface area contributed by atoms with Crippen LogP contribution in [0.1, 0.15) is 77.6 Å². The predicted octanol–water partition coefficient (Wildman–Crippen LogP) is 4.04. The lowest BCUT2D eigenvalue weighted by atomic mass is 9.79. The first-order valence-corrected chi connectivity index (χ1v) is 8.01. The molecular formula is C16H29NO. The highest BCUT2D eigenvalue weighted by Crippen LogP contribution is 2.34. The summed E-state index contributed by atoms with van der Waals surface area (Å²) in [5.41, 5.74) is 0. The molecule has 104 valence electrons. The molecule has 1 amide bonds. The minimum Gasteiger partial charge on any atom is -0.354 e. The van der Waals surface area contributed by atoms with E-state index in [2.05, 4.69) is 5.32 Å². The molecule has 18 heavy (non-hydrogen) atoms. The quantitative estimate of drug-likeness (QED) is 0.754. The van der Waals surface area contributed by atoms with E-state index < -0.39 is 0 Å². The Morgan fingerprint density at radius 3 is 2.00 bits per heavy atom. The third-order valence-electron chi connectivity index (χ3n) is 4.90. The third-order valence-corrected chi connectivity index (χ3v) is 4.90. The second-order valence-corrected chi connectivity index (χ2v) is 6.51. The maximum atomic E-state index is 11.0. The molecule has 2 heteroatoms. The topological polar surface area (TPSA) is 29.1 Å².